The fraction of sp³-hybridized carbons (Fsp3) is 0.174. The Labute approximate surface area is 278 Å². The lowest BCUT2D eigenvalue weighted by atomic mass is 9.68. The summed E-state index contributed by atoms with van der Waals surface area (Å²) in [6.07, 6.45) is 15.2. The Hall–Kier alpha value is -5.14. The highest BCUT2D eigenvalue weighted by Crippen LogP contribution is 2.44. The summed E-state index contributed by atoms with van der Waals surface area (Å²) in [4.78, 5) is 0. The van der Waals surface area contributed by atoms with Crippen LogP contribution in [-0.2, 0) is 5.41 Å². The van der Waals surface area contributed by atoms with E-state index in [9.17, 15) is 0 Å². The summed E-state index contributed by atoms with van der Waals surface area (Å²) >= 11 is 0. The Kier molecular flexibility index (Phi) is 7.41. The van der Waals surface area contributed by atoms with Crippen LogP contribution in [0.1, 0.15) is 59.9 Å². The van der Waals surface area contributed by atoms with Crippen molar-refractivity contribution in [2.45, 2.75) is 51.4 Å². The van der Waals surface area contributed by atoms with E-state index in [0.29, 0.717) is 5.92 Å². The summed E-state index contributed by atoms with van der Waals surface area (Å²) in [5, 5.41) is 2.72. The number of hydrogen-bond acceptors (Lipinski definition) is 0. The molecule has 2 aliphatic rings. The van der Waals surface area contributed by atoms with E-state index in [1.54, 1.807) is 0 Å². The molecule has 0 saturated carbocycles. The molecule has 1 nitrogen and oxygen atoms in total. The smallest absolute Gasteiger partial charge is 0.0543 e. The molecule has 6 aromatic rings. The van der Waals surface area contributed by atoms with Crippen LogP contribution in [0.3, 0.4) is 0 Å². The number of para-hydroxylation sites is 1. The Morgan fingerprint density at radius 1 is 0.681 bits per heavy atom. The first-order chi connectivity index (χ1) is 23.0. The van der Waals surface area contributed by atoms with Crippen LogP contribution >= 0.6 is 0 Å². The van der Waals surface area contributed by atoms with Gasteiger partial charge in [-0.15, -0.1) is 0 Å². The molecular weight excluding hydrogens is 567 g/mol. The van der Waals surface area contributed by atoms with Gasteiger partial charge >= 0.3 is 0 Å². The second kappa shape index (κ2) is 11.9. The Balaban J connectivity index is 1.10. The van der Waals surface area contributed by atoms with Crippen LogP contribution in [0.5, 0.6) is 0 Å². The Morgan fingerprint density at radius 2 is 1.34 bits per heavy atom. The highest BCUT2D eigenvalue weighted by atomic mass is 15.0. The SMILES string of the molecule is Cc1ccc2c(c1C)c1cc(C3C=CC(C4=CC=C(C(C)(c5ccccc5)c5ccccc5)CC4)=CC3)ccc1n2-c1ccccc1. The maximum Gasteiger partial charge on any atom is 0.0543 e. The van der Waals surface area contributed by atoms with E-state index >= 15 is 0 Å². The summed E-state index contributed by atoms with van der Waals surface area (Å²) < 4.78 is 2.42. The third-order valence-electron chi connectivity index (χ3n) is 10.9. The minimum Gasteiger partial charge on any atom is -0.309 e. The molecular formula is C46H41N. The van der Waals surface area contributed by atoms with E-state index in [-0.39, 0.29) is 5.41 Å². The predicted octanol–water partition coefficient (Wildman–Crippen LogP) is 12.0. The molecule has 230 valence electrons. The van der Waals surface area contributed by atoms with Crippen molar-refractivity contribution in [2.75, 3.05) is 0 Å². The number of hydrogen-bond donors (Lipinski definition) is 0. The van der Waals surface area contributed by atoms with Crippen LogP contribution < -0.4 is 0 Å². The minimum atomic E-state index is -0.147. The van der Waals surface area contributed by atoms with Crippen molar-refractivity contribution in [2.24, 2.45) is 0 Å². The van der Waals surface area contributed by atoms with Crippen molar-refractivity contribution >= 4 is 21.8 Å². The number of nitrogens with zero attached hydrogens (tertiary/aromatic N) is 1. The van der Waals surface area contributed by atoms with E-state index < -0.39 is 0 Å². The molecule has 0 spiro atoms. The highest BCUT2D eigenvalue weighted by Gasteiger charge is 2.33. The number of rotatable bonds is 6. The first kappa shape index (κ1) is 29.3. The van der Waals surface area contributed by atoms with E-state index in [2.05, 4.69) is 177 Å². The standard InChI is InChI=1S/C46H41N/c1-32-19-29-44-45(33(32)2)42-31-37(26-30-43(42)47(44)41-17-11-6-12-18-41)36-22-20-34(21-23-36)35-24-27-40(28-25-35)46(3,38-13-7-4-8-14-38)39-15-9-5-10-16-39/h4-22,24,26-27,29-31,36H,23,25,28H2,1-3H3. The number of fused-ring (bicyclic) bond motifs is 3. The lowest BCUT2D eigenvalue weighted by Crippen LogP contribution is -2.27. The Bertz CT molecular complexity index is 2180. The summed E-state index contributed by atoms with van der Waals surface area (Å²) in [5.41, 5.74) is 14.7. The van der Waals surface area contributed by atoms with Gasteiger partial charge in [0.25, 0.3) is 0 Å². The molecule has 1 atom stereocenters. The van der Waals surface area contributed by atoms with Crippen LogP contribution in [0.4, 0.5) is 0 Å². The fourth-order valence-electron chi connectivity index (χ4n) is 7.97. The average Bonchev–Trinajstić information content (AvgIpc) is 3.48. The molecule has 5 aromatic carbocycles. The fourth-order valence-corrected chi connectivity index (χ4v) is 7.97. The van der Waals surface area contributed by atoms with E-state index in [0.717, 1.165) is 19.3 Å². The van der Waals surface area contributed by atoms with Crippen LogP contribution in [0, 0.1) is 13.8 Å². The summed E-state index contributed by atoms with van der Waals surface area (Å²) in [6, 6.07) is 44.4. The van der Waals surface area contributed by atoms with Crippen LogP contribution in [0.15, 0.2) is 168 Å². The summed E-state index contributed by atoms with van der Waals surface area (Å²) in [7, 11) is 0. The lowest BCUT2D eigenvalue weighted by molar-refractivity contribution is 0.629. The van der Waals surface area contributed by atoms with Crippen LogP contribution in [0.25, 0.3) is 27.5 Å². The number of aryl methyl sites for hydroxylation is 2. The van der Waals surface area contributed by atoms with Gasteiger partial charge in [0.05, 0.1) is 11.0 Å². The molecule has 1 heterocycles. The zero-order valence-corrected chi connectivity index (χ0v) is 27.6. The van der Waals surface area contributed by atoms with E-state index in [4.69, 9.17) is 0 Å². The lowest BCUT2D eigenvalue weighted by Gasteiger charge is -2.36. The van der Waals surface area contributed by atoms with E-state index in [1.807, 2.05) is 0 Å². The third kappa shape index (κ3) is 5.02. The second-order valence-electron chi connectivity index (χ2n) is 13.5. The molecule has 2 aliphatic carbocycles. The largest absolute Gasteiger partial charge is 0.309 e. The molecule has 8 rings (SSSR count). The summed E-state index contributed by atoms with van der Waals surface area (Å²) in [6.45, 7) is 6.89. The highest BCUT2D eigenvalue weighted by molar-refractivity contribution is 6.11. The molecule has 0 saturated heterocycles. The molecule has 0 bridgehead atoms. The van der Waals surface area contributed by atoms with Gasteiger partial charge in [-0.3, -0.25) is 0 Å². The quantitative estimate of drug-likeness (QED) is 0.177. The van der Waals surface area contributed by atoms with Gasteiger partial charge in [-0.25, -0.2) is 0 Å². The monoisotopic (exact) mass is 607 g/mol. The van der Waals surface area contributed by atoms with Gasteiger partial charge in [-0.05, 0) is 109 Å². The van der Waals surface area contributed by atoms with Gasteiger partial charge in [0, 0.05) is 27.8 Å². The van der Waals surface area contributed by atoms with Gasteiger partial charge in [0.2, 0.25) is 0 Å². The van der Waals surface area contributed by atoms with Gasteiger partial charge in [-0.1, -0.05) is 127 Å². The van der Waals surface area contributed by atoms with E-state index in [1.165, 1.54) is 72.0 Å². The zero-order chi connectivity index (χ0) is 32.0. The van der Waals surface area contributed by atoms with Crippen molar-refractivity contribution in [1.29, 1.82) is 0 Å². The van der Waals surface area contributed by atoms with Crippen molar-refractivity contribution in [3.8, 4) is 5.69 Å². The number of allylic oxidation sites excluding steroid dienone is 8. The van der Waals surface area contributed by atoms with Crippen molar-refractivity contribution in [3.63, 3.8) is 0 Å². The van der Waals surface area contributed by atoms with Crippen LogP contribution in [-0.4, -0.2) is 4.57 Å². The van der Waals surface area contributed by atoms with Gasteiger partial charge in [-0.2, -0.15) is 0 Å². The summed E-state index contributed by atoms with van der Waals surface area (Å²) in [5.74, 6) is 0.373. The first-order valence-corrected chi connectivity index (χ1v) is 17.0. The van der Waals surface area contributed by atoms with Gasteiger partial charge in [0.15, 0.2) is 0 Å². The molecule has 0 fully saturated rings. The molecule has 1 unspecified atom stereocenters. The predicted molar refractivity (Wildman–Crippen MR) is 200 cm³/mol. The molecule has 0 radical (unpaired) electrons. The number of benzene rings is 5. The van der Waals surface area contributed by atoms with Crippen molar-refractivity contribution < 1.29 is 0 Å². The average molecular weight is 608 g/mol. The number of aromatic nitrogens is 1. The third-order valence-corrected chi connectivity index (χ3v) is 10.9. The Morgan fingerprint density at radius 3 is 1.96 bits per heavy atom. The molecule has 47 heavy (non-hydrogen) atoms. The molecule has 0 N–H and O–H groups in total. The van der Waals surface area contributed by atoms with Crippen LogP contribution in [0.2, 0.25) is 0 Å². The maximum absolute atomic E-state index is 2.47. The van der Waals surface area contributed by atoms with Gasteiger partial charge < -0.3 is 4.57 Å². The zero-order valence-electron chi connectivity index (χ0n) is 27.6. The first-order valence-electron chi connectivity index (χ1n) is 17.0. The van der Waals surface area contributed by atoms with Crippen molar-refractivity contribution in [3.05, 3.63) is 196 Å². The maximum atomic E-state index is 2.47. The van der Waals surface area contributed by atoms with Gasteiger partial charge in [0.1, 0.15) is 0 Å². The van der Waals surface area contributed by atoms with Crippen molar-refractivity contribution in [1.82, 2.24) is 4.57 Å². The topological polar surface area (TPSA) is 4.93 Å². The molecule has 0 aliphatic heterocycles. The minimum absolute atomic E-state index is 0.147. The molecule has 0 amide bonds. The molecule has 1 heteroatoms. The second-order valence-corrected chi connectivity index (χ2v) is 13.5. The normalized spacial score (nSPS) is 16.7. The molecule has 1 aromatic heterocycles.